The van der Waals surface area contributed by atoms with Crippen LogP contribution in [0, 0.1) is 11.3 Å². The van der Waals surface area contributed by atoms with Crippen LogP contribution in [0.25, 0.3) is 0 Å². The van der Waals surface area contributed by atoms with Crippen molar-refractivity contribution in [1.82, 2.24) is 10.3 Å². The Bertz CT molecular complexity index is 408. The Morgan fingerprint density at radius 1 is 1.71 bits per heavy atom. The minimum absolute atomic E-state index is 0.0611. The molecule has 1 rings (SSSR count). The Balaban J connectivity index is 2.47. The third kappa shape index (κ3) is 4.47. The molecule has 88 valence electrons. The summed E-state index contributed by atoms with van der Waals surface area (Å²) in [6.45, 7) is 3.98. The highest BCUT2D eigenvalue weighted by Gasteiger charge is 2.12. The van der Waals surface area contributed by atoms with Crippen LogP contribution in [-0.4, -0.2) is 17.4 Å². The normalized spacial score (nSPS) is 11.2. The molecule has 0 fully saturated rings. The van der Waals surface area contributed by atoms with Crippen molar-refractivity contribution in [3.8, 4) is 6.07 Å². The summed E-state index contributed by atoms with van der Waals surface area (Å²) < 4.78 is 0. The van der Waals surface area contributed by atoms with Crippen molar-refractivity contribution in [2.75, 3.05) is 6.54 Å². The van der Waals surface area contributed by atoms with Gasteiger partial charge in [0.15, 0.2) is 0 Å². The average Bonchev–Trinajstić information content (AvgIpc) is 2.38. The maximum Gasteiger partial charge on any atom is 0.220 e. The molecular weight excluding hydrogens is 214 g/mol. The lowest BCUT2D eigenvalue weighted by Gasteiger charge is -2.08. The molecule has 1 unspecified atom stereocenters. The predicted molar refractivity (Wildman–Crippen MR) is 65.0 cm³/mol. The summed E-state index contributed by atoms with van der Waals surface area (Å²) in [5.74, 6) is -0.341. The number of aromatic nitrogens is 1. The molecule has 0 aliphatic carbocycles. The topological polar surface area (TPSA) is 65.8 Å². The molecule has 1 heterocycles. The molecule has 4 heteroatoms. The van der Waals surface area contributed by atoms with Crippen LogP contribution in [0.4, 0.5) is 0 Å². The van der Waals surface area contributed by atoms with Crippen molar-refractivity contribution >= 4 is 5.91 Å². The molecule has 0 aliphatic heterocycles. The van der Waals surface area contributed by atoms with Gasteiger partial charge in [-0.2, -0.15) is 5.26 Å². The van der Waals surface area contributed by atoms with Crippen LogP contribution in [0.3, 0.4) is 0 Å². The largest absolute Gasteiger partial charge is 0.353 e. The van der Waals surface area contributed by atoms with Gasteiger partial charge in [0, 0.05) is 25.4 Å². The second-order valence-electron chi connectivity index (χ2n) is 3.60. The minimum atomic E-state index is -0.279. The van der Waals surface area contributed by atoms with Crippen molar-refractivity contribution < 1.29 is 4.79 Å². The van der Waals surface area contributed by atoms with E-state index in [0.717, 1.165) is 5.56 Å². The number of carbonyl (C=O) groups excluding carboxylic acids is 1. The van der Waals surface area contributed by atoms with E-state index in [4.69, 9.17) is 5.26 Å². The third-order valence-electron chi connectivity index (χ3n) is 2.35. The SMILES string of the molecule is C=CCNC(=O)CCC(C#N)c1cccnc1. The average molecular weight is 229 g/mol. The molecule has 1 aromatic rings. The zero-order chi connectivity index (χ0) is 12.5. The molecule has 0 radical (unpaired) electrons. The zero-order valence-corrected chi connectivity index (χ0v) is 9.60. The highest BCUT2D eigenvalue weighted by Crippen LogP contribution is 2.18. The van der Waals surface area contributed by atoms with Crippen molar-refractivity contribution in [2.45, 2.75) is 18.8 Å². The summed E-state index contributed by atoms with van der Waals surface area (Å²) in [5, 5.41) is 11.7. The minimum Gasteiger partial charge on any atom is -0.353 e. The summed E-state index contributed by atoms with van der Waals surface area (Å²) in [5.41, 5.74) is 0.853. The standard InChI is InChI=1S/C13H15N3O/c1-2-7-16-13(17)6-5-11(9-14)12-4-3-8-15-10-12/h2-4,8,10-11H,1,5-7H2,(H,16,17). The first-order valence-electron chi connectivity index (χ1n) is 5.45. The van der Waals surface area contributed by atoms with Crippen LogP contribution in [0.5, 0.6) is 0 Å². The van der Waals surface area contributed by atoms with Gasteiger partial charge < -0.3 is 5.32 Å². The lowest BCUT2D eigenvalue weighted by molar-refractivity contribution is -0.121. The Labute approximate surface area is 101 Å². The molecule has 1 aromatic heterocycles. The smallest absolute Gasteiger partial charge is 0.220 e. The third-order valence-corrected chi connectivity index (χ3v) is 2.35. The van der Waals surface area contributed by atoms with Gasteiger partial charge in [-0.15, -0.1) is 6.58 Å². The molecule has 1 amide bonds. The second kappa shape index (κ2) is 7.18. The molecule has 0 aliphatic rings. The molecule has 4 nitrogen and oxygen atoms in total. The fourth-order valence-electron chi connectivity index (χ4n) is 1.44. The van der Waals surface area contributed by atoms with Gasteiger partial charge in [0.1, 0.15) is 0 Å². The quantitative estimate of drug-likeness (QED) is 0.756. The Morgan fingerprint density at radius 3 is 3.12 bits per heavy atom. The monoisotopic (exact) mass is 229 g/mol. The van der Waals surface area contributed by atoms with E-state index >= 15 is 0 Å². The van der Waals surface area contributed by atoms with Crippen LogP contribution in [0.15, 0.2) is 37.2 Å². The van der Waals surface area contributed by atoms with Gasteiger partial charge in [-0.1, -0.05) is 12.1 Å². The van der Waals surface area contributed by atoms with Crippen LogP contribution >= 0.6 is 0 Å². The van der Waals surface area contributed by atoms with Crippen molar-refractivity contribution in [3.05, 3.63) is 42.7 Å². The van der Waals surface area contributed by atoms with Crippen LogP contribution < -0.4 is 5.32 Å². The fraction of sp³-hybridized carbons (Fsp3) is 0.308. The van der Waals surface area contributed by atoms with E-state index in [0.29, 0.717) is 19.4 Å². The first kappa shape index (κ1) is 12.9. The maximum absolute atomic E-state index is 11.4. The number of hydrogen-bond donors (Lipinski definition) is 1. The molecule has 0 saturated heterocycles. The highest BCUT2D eigenvalue weighted by atomic mass is 16.1. The highest BCUT2D eigenvalue weighted by molar-refractivity contribution is 5.76. The number of rotatable bonds is 6. The molecule has 1 N–H and O–H groups in total. The lowest BCUT2D eigenvalue weighted by atomic mass is 9.97. The van der Waals surface area contributed by atoms with Gasteiger partial charge in [-0.25, -0.2) is 0 Å². The Morgan fingerprint density at radius 2 is 2.53 bits per heavy atom. The van der Waals surface area contributed by atoms with Crippen molar-refractivity contribution in [2.24, 2.45) is 0 Å². The lowest BCUT2D eigenvalue weighted by Crippen LogP contribution is -2.23. The first-order valence-corrected chi connectivity index (χ1v) is 5.45. The first-order chi connectivity index (χ1) is 8.27. The van der Waals surface area contributed by atoms with E-state index in [1.807, 2.05) is 6.07 Å². The van der Waals surface area contributed by atoms with Crippen LogP contribution in [0.1, 0.15) is 24.3 Å². The predicted octanol–water partition coefficient (Wildman–Crippen LogP) is 1.77. The molecule has 0 aromatic carbocycles. The summed E-state index contributed by atoms with van der Waals surface area (Å²) in [7, 11) is 0. The van der Waals surface area contributed by atoms with E-state index in [2.05, 4.69) is 22.9 Å². The molecule has 1 atom stereocenters. The van der Waals surface area contributed by atoms with Crippen molar-refractivity contribution in [1.29, 1.82) is 5.26 Å². The number of hydrogen-bond acceptors (Lipinski definition) is 3. The number of nitriles is 1. The summed E-state index contributed by atoms with van der Waals surface area (Å²) in [4.78, 5) is 15.3. The van der Waals surface area contributed by atoms with E-state index in [-0.39, 0.29) is 11.8 Å². The molecule has 0 saturated carbocycles. The van der Waals surface area contributed by atoms with Gasteiger partial charge in [-0.05, 0) is 18.1 Å². The Hall–Kier alpha value is -2.15. The van der Waals surface area contributed by atoms with Crippen LogP contribution in [0.2, 0.25) is 0 Å². The van der Waals surface area contributed by atoms with Crippen molar-refractivity contribution in [3.63, 3.8) is 0 Å². The zero-order valence-electron chi connectivity index (χ0n) is 9.60. The summed E-state index contributed by atoms with van der Waals surface area (Å²) in [6, 6.07) is 5.83. The molecule has 0 bridgehead atoms. The van der Waals surface area contributed by atoms with Crippen LogP contribution in [-0.2, 0) is 4.79 Å². The number of amides is 1. The molecular formula is C13H15N3O. The number of carbonyl (C=O) groups is 1. The molecule has 17 heavy (non-hydrogen) atoms. The maximum atomic E-state index is 11.4. The van der Waals surface area contributed by atoms with E-state index in [1.54, 1.807) is 24.5 Å². The van der Waals surface area contributed by atoms with Gasteiger partial charge in [0.25, 0.3) is 0 Å². The summed E-state index contributed by atoms with van der Waals surface area (Å²) in [6.07, 6.45) is 5.79. The second-order valence-corrected chi connectivity index (χ2v) is 3.60. The van der Waals surface area contributed by atoms with Gasteiger partial charge in [0.05, 0.1) is 12.0 Å². The number of pyridine rings is 1. The summed E-state index contributed by atoms with van der Waals surface area (Å²) >= 11 is 0. The fourth-order valence-corrected chi connectivity index (χ4v) is 1.44. The van der Waals surface area contributed by atoms with E-state index in [9.17, 15) is 4.79 Å². The van der Waals surface area contributed by atoms with Gasteiger partial charge in [-0.3, -0.25) is 9.78 Å². The number of nitrogens with one attached hydrogen (secondary N) is 1. The van der Waals surface area contributed by atoms with E-state index in [1.165, 1.54) is 0 Å². The molecule has 0 spiro atoms. The Kier molecular flexibility index (Phi) is 5.45. The van der Waals surface area contributed by atoms with E-state index < -0.39 is 0 Å². The van der Waals surface area contributed by atoms with Gasteiger partial charge >= 0.3 is 0 Å². The van der Waals surface area contributed by atoms with Gasteiger partial charge in [0.2, 0.25) is 5.91 Å². The number of nitrogens with zero attached hydrogens (tertiary/aromatic N) is 2.